The highest BCUT2D eigenvalue weighted by molar-refractivity contribution is 7.13. The molecule has 5 nitrogen and oxygen atoms in total. The normalized spacial score (nSPS) is 13.2. The summed E-state index contributed by atoms with van der Waals surface area (Å²) >= 11 is 1.50. The number of nitrogens with zero attached hydrogens (tertiary/aromatic N) is 1. The molecule has 1 aliphatic carbocycles. The molecule has 0 radical (unpaired) electrons. The second-order valence-corrected chi connectivity index (χ2v) is 7.58. The van der Waals surface area contributed by atoms with Crippen LogP contribution in [0.25, 0.3) is 10.4 Å². The molecule has 1 aromatic carbocycles. The minimum Gasteiger partial charge on any atom is -0.349 e. The molecular formula is C21H19N3O2S. The van der Waals surface area contributed by atoms with E-state index in [0.29, 0.717) is 22.9 Å². The van der Waals surface area contributed by atoms with Crippen LogP contribution in [0.2, 0.25) is 0 Å². The van der Waals surface area contributed by atoms with Crippen molar-refractivity contribution >= 4 is 28.8 Å². The number of carbonyl (C=O) groups excluding carboxylic acids is 2. The summed E-state index contributed by atoms with van der Waals surface area (Å²) in [5, 5.41) is 7.73. The van der Waals surface area contributed by atoms with Gasteiger partial charge in [0, 0.05) is 45.5 Å². The van der Waals surface area contributed by atoms with Gasteiger partial charge in [0.25, 0.3) is 11.8 Å². The lowest BCUT2D eigenvalue weighted by molar-refractivity contribution is 0.0949. The average Bonchev–Trinajstić information content (AvgIpc) is 3.35. The van der Waals surface area contributed by atoms with Crippen LogP contribution < -0.4 is 10.6 Å². The summed E-state index contributed by atoms with van der Waals surface area (Å²) in [6.07, 6.45) is 5.58. The third-order valence-corrected chi connectivity index (χ3v) is 5.45. The number of benzene rings is 1. The van der Waals surface area contributed by atoms with Gasteiger partial charge in [-0.05, 0) is 49.6 Å². The molecule has 0 saturated heterocycles. The van der Waals surface area contributed by atoms with Crippen LogP contribution in [0, 0.1) is 6.92 Å². The van der Waals surface area contributed by atoms with E-state index in [0.717, 1.165) is 28.8 Å². The summed E-state index contributed by atoms with van der Waals surface area (Å²) in [4.78, 5) is 30.0. The van der Waals surface area contributed by atoms with E-state index in [1.807, 2.05) is 36.6 Å². The number of hydrogen-bond acceptors (Lipinski definition) is 4. The van der Waals surface area contributed by atoms with Crippen molar-refractivity contribution in [2.75, 3.05) is 5.32 Å². The SMILES string of the molecule is Cc1ccc(C(=O)NC2CC2)cc1NC(=O)c1csc(-c2cccnc2)c1. The molecule has 1 aliphatic rings. The van der Waals surface area contributed by atoms with Crippen molar-refractivity contribution in [1.29, 1.82) is 0 Å². The Bertz CT molecular complexity index is 994. The number of carbonyl (C=O) groups is 2. The van der Waals surface area contributed by atoms with Crippen LogP contribution in [-0.4, -0.2) is 22.8 Å². The van der Waals surface area contributed by atoms with Gasteiger partial charge in [-0.25, -0.2) is 0 Å². The Balaban J connectivity index is 1.51. The van der Waals surface area contributed by atoms with Gasteiger partial charge in [0.15, 0.2) is 0 Å². The molecule has 1 saturated carbocycles. The van der Waals surface area contributed by atoms with Crippen molar-refractivity contribution in [2.24, 2.45) is 0 Å². The molecule has 6 heteroatoms. The minimum absolute atomic E-state index is 0.0950. The van der Waals surface area contributed by atoms with Crippen molar-refractivity contribution in [2.45, 2.75) is 25.8 Å². The van der Waals surface area contributed by atoms with Crippen LogP contribution in [0.1, 0.15) is 39.1 Å². The smallest absolute Gasteiger partial charge is 0.256 e. The summed E-state index contributed by atoms with van der Waals surface area (Å²) in [6.45, 7) is 1.91. The van der Waals surface area contributed by atoms with Gasteiger partial charge in [-0.3, -0.25) is 14.6 Å². The maximum atomic E-state index is 12.7. The molecular weight excluding hydrogens is 358 g/mol. The number of nitrogens with one attached hydrogen (secondary N) is 2. The Labute approximate surface area is 161 Å². The van der Waals surface area contributed by atoms with Gasteiger partial charge in [-0.15, -0.1) is 11.3 Å². The summed E-state index contributed by atoms with van der Waals surface area (Å²) in [7, 11) is 0. The maximum absolute atomic E-state index is 12.7. The monoisotopic (exact) mass is 377 g/mol. The predicted octanol–water partition coefficient (Wildman–Crippen LogP) is 4.26. The Morgan fingerprint density at radius 3 is 2.70 bits per heavy atom. The van der Waals surface area contributed by atoms with Gasteiger partial charge in [0.1, 0.15) is 0 Å². The molecule has 136 valence electrons. The van der Waals surface area contributed by atoms with Crippen molar-refractivity contribution < 1.29 is 9.59 Å². The second kappa shape index (κ2) is 7.32. The zero-order chi connectivity index (χ0) is 18.8. The first kappa shape index (κ1) is 17.4. The fourth-order valence-corrected chi connectivity index (χ4v) is 3.58. The number of rotatable bonds is 5. The van der Waals surface area contributed by atoms with E-state index in [4.69, 9.17) is 0 Å². The fraction of sp³-hybridized carbons (Fsp3) is 0.190. The fourth-order valence-electron chi connectivity index (χ4n) is 2.70. The molecule has 2 N–H and O–H groups in total. The molecule has 1 fully saturated rings. The molecule has 4 rings (SSSR count). The first-order chi connectivity index (χ1) is 13.1. The van der Waals surface area contributed by atoms with E-state index in [2.05, 4.69) is 15.6 Å². The maximum Gasteiger partial charge on any atom is 0.256 e. The van der Waals surface area contributed by atoms with Gasteiger partial charge >= 0.3 is 0 Å². The summed E-state index contributed by atoms with van der Waals surface area (Å²) in [5.74, 6) is -0.286. The number of thiophene rings is 1. The first-order valence-corrected chi connectivity index (χ1v) is 9.70. The van der Waals surface area contributed by atoms with Crippen molar-refractivity contribution in [3.63, 3.8) is 0 Å². The number of hydrogen-bond donors (Lipinski definition) is 2. The third kappa shape index (κ3) is 4.06. The Morgan fingerprint density at radius 2 is 1.96 bits per heavy atom. The Kier molecular flexibility index (Phi) is 4.73. The van der Waals surface area contributed by atoms with Gasteiger partial charge in [0.2, 0.25) is 0 Å². The molecule has 2 amide bonds. The summed E-state index contributed by atoms with van der Waals surface area (Å²) < 4.78 is 0. The Hall–Kier alpha value is -2.99. The standard InChI is InChI=1S/C21H19N3O2S/c1-13-4-5-14(20(25)23-17-6-7-17)9-18(13)24-21(26)16-10-19(27-12-16)15-3-2-8-22-11-15/h2-5,8-12,17H,6-7H2,1H3,(H,23,25)(H,24,26). The van der Waals surface area contributed by atoms with E-state index >= 15 is 0 Å². The average molecular weight is 377 g/mol. The number of anilines is 1. The second-order valence-electron chi connectivity index (χ2n) is 6.67. The lowest BCUT2D eigenvalue weighted by Gasteiger charge is -2.10. The zero-order valence-corrected chi connectivity index (χ0v) is 15.7. The predicted molar refractivity (Wildman–Crippen MR) is 107 cm³/mol. The number of pyridine rings is 1. The first-order valence-electron chi connectivity index (χ1n) is 8.82. The summed E-state index contributed by atoms with van der Waals surface area (Å²) in [5.41, 5.74) is 3.69. The van der Waals surface area contributed by atoms with Gasteiger partial charge in [-0.2, -0.15) is 0 Å². The van der Waals surface area contributed by atoms with E-state index in [-0.39, 0.29) is 11.8 Å². The Morgan fingerprint density at radius 1 is 1.11 bits per heavy atom. The van der Waals surface area contributed by atoms with Crippen molar-refractivity contribution in [1.82, 2.24) is 10.3 Å². The van der Waals surface area contributed by atoms with Gasteiger partial charge in [-0.1, -0.05) is 12.1 Å². The van der Waals surface area contributed by atoms with Crippen molar-refractivity contribution in [3.8, 4) is 10.4 Å². The van der Waals surface area contributed by atoms with Crippen LogP contribution in [-0.2, 0) is 0 Å². The highest BCUT2D eigenvalue weighted by atomic mass is 32.1. The van der Waals surface area contributed by atoms with E-state index in [9.17, 15) is 9.59 Å². The summed E-state index contributed by atoms with van der Waals surface area (Å²) in [6, 6.07) is 11.4. The lowest BCUT2D eigenvalue weighted by atomic mass is 10.1. The molecule has 2 aromatic heterocycles. The largest absolute Gasteiger partial charge is 0.349 e. The van der Waals surface area contributed by atoms with E-state index < -0.39 is 0 Å². The number of aryl methyl sites for hydroxylation is 1. The highest BCUT2D eigenvalue weighted by Gasteiger charge is 2.24. The van der Waals surface area contributed by atoms with Crippen LogP contribution in [0.4, 0.5) is 5.69 Å². The molecule has 0 atom stereocenters. The molecule has 3 aromatic rings. The van der Waals surface area contributed by atoms with Crippen LogP contribution in [0.3, 0.4) is 0 Å². The van der Waals surface area contributed by atoms with E-state index in [1.54, 1.807) is 24.5 Å². The highest BCUT2D eigenvalue weighted by Crippen LogP contribution is 2.27. The molecule has 2 heterocycles. The zero-order valence-electron chi connectivity index (χ0n) is 14.9. The van der Waals surface area contributed by atoms with Crippen LogP contribution in [0.15, 0.2) is 54.2 Å². The van der Waals surface area contributed by atoms with Gasteiger partial charge in [0.05, 0.1) is 5.56 Å². The van der Waals surface area contributed by atoms with Crippen molar-refractivity contribution in [3.05, 3.63) is 70.9 Å². The number of amides is 2. The minimum atomic E-state index is -0.191. The van der Waals surface area contributed by atoms with Crippen LogP contribution in [0.5, 0.6) is 0 Å². The third-order valence-electron chi connectivity index (χ3n) is 4.47. The molecule has 27 heavy (non-hydrogen) atoms. The molecule has 0 bridgehead atoms. The lowest BCUT2D eigenvalue weighted by Crippen LogP contribution is -2.25. The molecule has 0 unspecified atom stereocenters. The van der Waals surface area contributed by atoms with Gasteiger partial charge < -0.3 is 10.6 Å². The number of aromatic nitrogens is 1. The van der Waals surface area contributed by atoms with E-state index in [1.165, 1.54) is 11.3 Å². The molecule has 0 aliphatic heterocycles. The topological polar surface area (TPSA) is 71.1 Å². The molecule has 0 spiro atoms. The quantitative estimate of drug-likeness (QED) is 0.698. The van der Waals surface area contributed by atoms with Crippen LogP contribution >= 0.6 is 11.3 Å².